The van der Waals surface area contributed by atoms with Gasteiger partial charge in [0.1, 0.15) is 23.4 Å². The normalized spacial score (nSPS) is 16.2. The fourth-order valence-corrected chi connectivity index (χ4v) is 3.26. The Morgan fingerprint density at radius 1 is 1.21 bits per heavy atom. The largest absolute Gasteiger partial charge is 0.492 e. The minimum Gasteiger partial charge on any atom is -0.492 e. The van der Waals surface area contributed by atoms with E-state index in [1.165, 1.54) is 0 Å². The summed E-state index contributed by atoms with van der Waals surface area (Å²) in [5.41, 5.74) is 1.96. The predicted octanol–water partition coefficient (Wildman–Crippen LogP) is 3.05. The van der Waals surface area contributed by atoms with E-state index in [1.807, 2.05) is 48.5 Å². The van der Waals surface area contributed by atoms with Crippen molar-refractivity contribution in [2.45, 2.75) is 18.9 Å². The van der Waals surface area contributed by atoms with Gasteiger partial charge in [-0.25, -0.2) is 4.79 Å². The minimum atomic E-state index is -0.206. The number of fused-ring (bicyclic) bond motifs is 1. The molecular weight excluding hydrogens is 358 g/mol. The van der Waals surface area contributed by atoms with Crippen LogP contribution in [0, 0.1) is 0 Å². The SMILES string of the molecule is O=C(Nc1cccc2n[nH]nc12)N(CCOc1ccccc1)CC1CCCO1. The number of aromatic nitrogens is 3. The first-order valence-corrected chi connectivity index (χ1v) is 9.44. The molecular formula is C20H23N5O3. The number of para-hydroxylation sites is 2. The van der Waals surface area contributed by atoms with Crippen LogP contribution in [-0.4, -0.2) is 58.7 Å². The van der Waals surface area contributed by atoms with E-state index < -0.39 is 0 Å². The quantitative estimate of drug-likeness (QED) is 0.656. The lowest BCUT2D eigenvalue weighted by Gasteiger charge is -2.25. The summed E-state index contributed by atoms with van der Waals surface area (Å²) in [5, 5.41) is 13.7. The Labute approximate surface area is 162 Å². The maximum absolute atomic E-state index is 13.0. The van der Waals surface area contributed by atoms with Crippen molar-refractivity contribution in [1.29, 1.82) is 0 Å². The molecule has 1 atom stereocenters. The molecule has 0 saturated carbocycles. The van der Waals surface area contributed by atoms with Crippen LogP contribution in [0.15, 0.2) is 48.5 Å². The third kappa shape index (κ3) is 4.40. The summed E-state index contributed by atoms with van der Waals surface area (Å²) in [6.45, 7) is 2.13. The summed E-state index contributed by atoms with van der Waals surface area (Å²) in [6.07, 6.45) is 2.05. The highest BCUT2D eigenvalue weighted by Crippen LogP contribution is 2.20. The van der Waals surface area contributed by atoms with Crippen molar-refractivity contribution in [3.63, 3.8) is 0 Å². The first-order chi connectivity index (χ1) is 13.8. The molecule has 0 aliphatic carbocycles. The van der Waals surface area contributed by atoms with Gasteiger partial charge in [0, 0.05) is 13.2 Å². The Hall–Kier alpha value is -3.13. The first kappa shape index (κ1) is 18.2. The Morgan fingerprint density at radius 2 is 2.11 bits per heavy atom. The average molecular weight is 381 g/mol. The van der Waals surface area contributed by atoms with Crippen molar-refractivity contribution in [1.82, 2.24) is 20.3 Å². The molecule has 0 spiro atoms. The number of carbonyl (C=O) groups is 1. The molecule has 1 unspecified atom stereocenters. The predicted molar refractivity (Wildman–Crippen MR) is 105 cm³/mol. The molecule has 28 heavy (non-hydrogen) atoms. The molecule has 1 fully saturated rings. The lowest BCUT2D eigenvalue weighted by molar-refractivity contribution is 0.0799. The molecule has 4 rings (SSSR count). The number of benzene rings is 2. The number of ether oxygens (including phenoxy) is 2. The van der Waals surface area contributed by atoms with Gasteiger partial charge in [-0.2, -0.15) is 15.4 Å². The highest BCUT2D eigenvalue weighted by Gasteiger charge is 2.23. The van der Waals surface area contributed by atoms with E-state index in [4.69, 9.17) is 9.47 Å². The van der Waals surface area contributed by atoms with E-state index in [-0.39, 0.29) is 12.1 Å². The molecule has 3 aromatic rings. The molecule has 0 radical (unpaired) electrons. The van der Waals surface area contributed by atoms with Gasteiger partial charge in [-0.1, -0.05) is 24.3 Å². The molecule has 1 aromatic heterocycles. The van der Waals surface area contributed by atoms with Gasteiger partial charge < -0.3 is 19.7 Å². The van der Waals surface area contributed by atoms with Gasteiger partial charge >= 0.3 is 6.03 Å². The molecule has 1 aliphatic heterocycles. The fraction of sp³-hybridized carbons (Fsp3) is 0.350. The summed E-state index contributed by atoms with van der Waals surface area (Å²) in [5.74, 6) is 0.785. The van der Waals surface area contributed by atoms with Crippen LogP contribution in [0.1, 0.15) is 12.8 Å². The molecule has 2 aromatic carbocycles. The highest BCUT2D eigenvalue weighted by molar-refractivity contribution is 5.98. The highest BCUT2D eigenvalue weighted by atomic mass is 16.5. The van der Waals surface area contributed by atoms with Crippen LogP contribution in [0.25, 0.3) is 11.0 Å². The van der Waals surface area contributed by atoms with Crippen molar-refractivity contribution in [3.05, 3.63) is 48.5 Å². The lowest BCUT2D eigenvalue weighted by atomic mass is 10.2. The van der Waals surface area contributed by atoms with Gasteiger partial charge in [-0.15, -0.1) is 0 Å². The number of hydrogen-bond donors (Lipinski definition) is 2. The number of anilines is 1. The number of aromatic amines is 1. The Morgan fingerprint density at radius 3 is 2.93 bits per heavy atom. The third-order valence-corrected chi connectivity index (χ3v) is 4.70. The van der Waals surface area contributed by atoms with Crippen LogP contribution in [0.5, 0.6) is 5.75 Å². The number of amides is 2. The molecule has 1 aliphatic rings. The number of H-pyrrole nitrogens is 1. The standard InChI is InChI=1S/C20H23N5O3/c26-20(21-17-9-4-10-18-19(17)23-24-22-18)25(14-16-8-5-12-27-16)11-13-28-15-6-2-1-3-7-15/h1-4,6-7,9-10,16H,5,8,11-14H2,(H,21,26)(H,22,23,24). The molecule has 0 bridgehead atoms. The maximum Gasteiger partial charge on any atom is 0.322 e. The average Bonchev–Trinajstić information content (AvgIpc) is 3.40. The molecule has 146 valence electrons. The van der Waals surface area contributed by atoms with Gasteiger partial charge in [0.15, 0.2) is 0 Å². The van der Waals surface area contributed by atoms with E-state index in [9.17, 15) is 4.79 Å². The zero-order chi connectivity index (χ0) is 19.2. The molecule has 2 amide bonds. The maximum atomic E-state index is 13.0. The zero-order valence-corrected chi connectivity index (χ0v) is 15.5. The second-order valence-electron chi connectivity index (χ2n) is 6.67. The summed E-state index contributed by atoms with van der Waals surface area (Å²) in [7, 11) is 0. The van der Waals surface area contributed by atoms with Crippen LogP contribution in [0.4, 0.5) is 10.5 Å². The van der Waals surface area contributed by atoms with Crippen molar-refractivity contribution in [3.8, 4) is 5.75 Å². The number of carbonyl (C=O) groups excluding carboxylic acids is 1. The topological polar surface area (TPSA) is 92.4 Å². The summed E-state index contributed by atoms with van der Waals surface area (Å²) < 4.78 is 11.5. The molecule has 1 saturated heterocycles. The van der Waals surface area contributed by atoms with Crippen molar-refractivity contribution >= 4 is 22.8 Å². The number of hydrogen-bond acceptors (Lipinski definition) is 5. The van der Waals surface area contributed by atoms with E-state index in [0.717, 1.165) is 25.2 Å². The minimum absolute atomic E-state index is 0.0605. The van der Waals surface area contributed by atoms with Crippen LogP contribution in [0.2, 0.25) is 0 Å². The van der Waals surface area contributed by atoms with Crippen LogP contribution >= 0.6 is 0 Å². The molecule has 8 nitrogen and oxygen atoms in total. The van der Waals surface area contributed by atoms with Crippen molar-refractivity contribution in [2.24, 2.45) is 0 Å². The Balaban J connectivity index is 1.42. The summed E-state index contributed by atoms with van der Waals surface area (Å²) in [6, 6.07) is 14.9. The van der Waals surface area contributed by atoms with Gasteiger partial charge in [0.2, 0.25) is 0 Å². The zero-order valence-electron chi connectivity index (χ0n) is 15.5. The van der Waals surface area contributed by atoms with Crippen molar-refractivity contribution < 1.29 is 14.3 Å². The first-order valence-electron chi connectivity index (χ1n) is 9.44. The van der Waals surface area contributed by atoms with Gasteiger partial charge in [0.25, 0.3) is 0 Å². The lowest BCUT2D eigenvalue weighted by Crippen LogP contribution is -2.42. The van der Waals surface area contributed by atoms with E-state index in [0.29, 0.717) is 36.4 Å². The van der Waals surface area contributed by atoms with E-state index in [1.54, 1.807) is 4.90 Å². The number of nitrogens with zero attached hydrogens (tertiary/aromatic N) is 3. The van der Waals surface area contributed by atoms with Gasteiger partial charge in [0.05, 0.1) is 18.3 Å². The number of nitrogens with one attached hydrogen (secondary N) is 2. The van der Waals surface area contributed by atoms with Gasteiger partial charge in [-0.3, -0.25) is 0 Å². The molecule has 2 heterocycles. The smallest absolute Gasteiger partial charge is 0.322 e. The Bertz CT molecular complexity index is 908. The molecule has 2 N–H and O–H groups in total. The van der Waals surface area contributed by atoms with Crippen LogP contribution in [-0.2, 0) is 4.74 Å². The van der Waals surface area contributed by atoms with Gasteiger partial charge in [-0.05, 0) is 37.1 Å². The monoisotopic (exact) mass is 381 g/mol. The number of rotatable bonds is 7. The summed E-state index contributed by atoms with van der Waals surface area (Å²) in [4.78, 5) is 14.7. The van der Waals surface area contributed by atoms with Crippen LogP contribution < -0.4 is 10.1 Å². The van der Waals surface area contributed by atoms with Crippen molar-refractivity contribution in [2.75, 3.05) is 31.6 Å². The number of urea groups is 1. The summed E-state index contributed by atoms with van der Waals surface area (Å²) >= 11 is 0. The van der Waals surface area contributed by atoms with E-state index in [2.05, 4.69) is 20.7 Å². The van der Waals surface area contributed by atoms with Crippen LogP contribution in [0.3, 0.4) is 0 Å². The second-order valence-corrected chi connectivity index (χ2v) is 6.67. The third-order valence-electron chi connectivity index (χ3n) is 4.70. The second kappa shape index (κ2) is 8.71. The molecule has 8 heteroatoms. The van der Waals surface area contributed by atoms with E-state index >= 15 is 0 Å². The Kier molecular flexibility index (Phi) is 5.67. The fourth-order valence-electron chi connectivity index (χ4n) is 3.26.